The van der Waals surface area contributed by atoms with Crippen LogP contribution in [0.3, 0.4) is 0 Å². The average molecular weight is 536 g/mol. The van der Waals surface area contributed by atoms with Gasteiger partial charge in [-0.05, 0) is 49.9 Å². The van der Waals surface area contributed by atoms with E-state index in [1.807, 2.05) is 0 Å². The lowest BCUT2D eigenvalue weighted by Gasteiger charge is -2.29. The summed E-state index contributed by atoms with van der Waals surface area (Å²) < 4.78 is 54.4. The van der Waals surface area contributed by atoms with Gasteiger partial charge in [0.2, 0.25) is 17.3 Å². The Hall–Kier alpha value is -1.92. The van der Waals surface area contributed by atoms with Crippen LogP contribution < -0.4 is 16.0 Å². The van der Waals surface area contributed by atoms with Gasteiger partial charge >= 0.3 is 6.09 Å². The molecule has 208 valence electrons. The van der Waals surface area contributed by atoms with Gasteiger partial charge in [0.15, 0.2) is 0 Å². The summed E-state index contributed by atoms with van der Waals surface area (Å²) in [6.45, 7) is 3.81. The highest BCUT2D eigenvalue weighted by atomic mass is 32.2. The lowest BCUT2D eigenvalue weighted by atomic mass is 9.80. The highest BCUT2D eigenvalue weighted by molar-refractivity contribution is 7.86. The first-order chi connectivity index (χ1) is 17.6. The van der Waals surface area contributed by atoms with Crippen LogP contribution in [0.5, 0.6) is 0 Å². The molecule has 0 radical (unpaired) electrons. The molecule has 36 heavy (non-hydrogen) atoms. The monoisotopic (exact) mass is 535 g/mol. The Bertz CT molecular complexity index is 926. The van der Waals surface area contributed by atoms with Gasteiger partial charge in [-0.3, -0.25) is 14.1 Å². The lowest BCUT2D eigenvalue weighted by Crippen LogP contribution is -2.55. The second kappa shape index (κ2) is 14.1. The molecule has 1 aliphatic carbocycles. The number of nitrogens with one attached hydrogen (secondary N) is 3. The van der Waals surface area contributed by atoms with E-state index in [4.69, 9.17) is 7.48 Å². The van der Waals surface area contributed by atoms with E-state index in [0.717, 1.165) is 25.7 Å². The van der Waals surface area contributed by atoms with Crippen molar-refractivity contribution in [3.8, 4) is 0 Å². The summed E-state index contributed by atoms with van der Waals surface area (Å²) in [5.74, 6) is -1.94. The van der Waals surface area contributed by atoms with E-state index in [1.165, 1.54) is 0 Å². The van der Waals surface area contributed by atoms with Crippen molar-refractivity contribution in [2.75, 3.05) is 13.1 Å². The summed E-state index contributed by atoms with van der Waals surface area (Å²) in [6.07, 6.45) is 4.13. The molecule has 5 N–H and O–H groups in total. The highest BCUT2D eigenvalue weighted by Gasteiger charge is 2.38. The van der Waals surface area contributed by atoms with Gasteiger partial charge in [0.05, 0.1) is 15.3 Å². The molecule has 0 spiro atoms. The molecule has 2 rings (SSSR count). The van der Waals surface area contributed by atoms with E-state index in [-0.39, 0.29) is 24.7 Å². The second-order valence-corrected chi connectivity index (χ2v) is 11.9. The molecule has 0 bridgehead atoms. The van der Waals surface area contributed by atoms with Crippen LogP contribution in [-0.2, 0) is 24.4 Å². The van der Waals surface area contributed by atoms with Crippen LogP contribution in [0.1, 0.15) is 81.3 Å². The predicted octanol–water partition coefficient (Wildman–Crippen LogP) is 1.95. The Kier molecular flexibility index (Phi) is 10.6. The summed E-state index contributed by atoms with van der Waals surface area (Å²) in [5, 5.41) is 17.5. The van der Waals surface area contributed by atoms with E-state index >= 15 is 0 Å². The first-order valence-electron chi connectivity index (χ1n) is 13.9. The average Bonchev–Trinajstić information content (AvgIpc) is 3.21. The maximum absolute atomic E-state index is 13.1. The number of alkyl carbamates (subject to hydrolysis) is 1. The van der Waals surface area contributed by atoms with Crippen molar-refractivity contribution in [1.82, 2.24) is 16.0 Å². The third-order valence-electron chi connectivity index (χ3n) is 6.86. The quantitative estimate of drug-likeness (QED) is 0.223. The maximum Gasteiger partial charge on any atom is 0.407 e. The van der Waals surface area contributed by atoms with Crippen LogP contribution in [0.25, 0.3) is 0 Å². The molecule has 1 unspecified atom stereocenters. The first-order valence-corrected chi connectivity index (χ1v) is 14.4. The van der Waals surface area contributed by atoms with Crippen LogP contribution in [0, 0.1) is 23.7 Å². The van der Waals surface area contributed by atoms with Gasteiger partial charge in [-0.1, -0.05) is 46.5 Å². The molecule has 4 atom stereocenters. The molecular weight excluding hydrogens is 490 g/mol. The van der Waals surface area contributed by atoms with Gasteiger partial charge < -0.3 is 25.8 Å². The predicted molar refractivity (Wildman–Crippen MR) is 133 cm³/mol. The van der Waals surface area contributed by atoms with Crippen LogP contribution in [0.4, 0.5) is 4.79 Å². The third-order valence-corrected chi connectivity index (χ3v) is 7.79. The number of aliphatic hydroxyl groups excluding tert-OH is 1. The molecule has 3 amide bonds. The summed E-state index contributed by atoms with van der Waals surface area (Å²) >= 11 is 0. The molecule has 1 heterocycles. The van der Waals surface area contributed by atoms with Gasteiger partial charge in [-0.15, -0.1) is 0 Å². The number of rotatable bonds is 13. The maximum atomic E-state index is 13.1. The zero-order valence-corrected chi connectivity index (χ0v) is 22.2. The van der Waals surface area contributed by atoms with Gasteiger partial charge in [-0.2, -0.15) is 8.42 Å². The molecule has 11 nitrogen and oxygen atoms in total. The minimum atomic E-state index is -4.98. The topological polar surface area (TPSA) is 171 Å². The van der Waals surface area contributed by atoms with E-state index in [0.29, 0.717) is 31.7 Å². The highest BCUT2D eigenvalue weighted by Crippen LogP contribution is 2.31. The van der Waals surface area contributed by atoms with Gasteiger partial charge in [0.1, 0.15) is 6.04 Å². The molecule has 1 saturated carbocycles. The summed E-state index contributed by atoms with van der Waals surface area (Å²) in [6, 6.07) is -2.77. The van der Waals surface area contributed by atoms with Crippen molar-refractivity contribution in [3.63, 3.8) is 0 Å². The minimum Gasteiger partial charge on any atom is -0.449 e. The molecule has 12 heteroatoms. The SMILES string of the molecule is [2H]C([2H])(OC(=O)N[C@@H](CC(C)C)C(=O)N[C@@H](C[C@@H]1CCNC1=O)C(O)S(=O)(=O)O)C1CCC(CCC)CC1. The van der Waals surface area contributed by atoms with Crippen LogP contribution in [0.15, 0.2) is 0 Å². The standard InChI is InChI=1S/C24H43N3O8S/c1-4-5-16-6-8-17(9-7-16)14-35-24(31)27-19(12-15(2)3)22(29)26-20(23(30)36(32,33)34)13-18-10-11-25-21(18)28/h15-20,23,30H,4-14H2,1-3H3,(H,25,28)(H,26,29)(H,27,31)(H,32,33,34)/t16?,17?,18-,19-,20-,23?/m0/s1/i14D2. The smallest absolute Gasteiger partial charge is 0.407 e. The Balaban J connectivity index is 2.08. The minimum absolute atomic E-state index is 0.102. The lowest BCUT2D eigenvalue weighted by molar-refractivity contribution is -0.126. The van der Waals surface area contributed by atoms with Crippen molar-refractivity contribution < 1.29 is 39.9 Å². The molecule has 0 aromatic carbocycles. The zero-order valence-electron chi connectivity index (χ0n) is 23.4. The molecule has 0 aromatic heterocycles. The van der Waals surface area contributed by atoms with Crippen molar-refractivity contribution >= 4 is 28.0 Å². The Morgan fingerprint density at radius 3 is 2.33 bits per heavy atom. The molecule has 1 aliphatic heterocycles. The summed E-state index contributed by atoms with van der Waals surface area (Å²) in [5.41, 5.74) is -2.39. The Labute approximate surface area is 217 Å². The fourth-order valence-corrected chi connectivity index (χ4v) is 5.50. The zero-order chi connectivity index (χ0) is 28.7. The van der Waals surface area contributed by atoms with E-state index in [9.17, 15) is 32.5 Å². The van der Waals surface area contributed by atoms with Crippen LogP contribution in [0.2, 0.25) is 0 Å². The van der Waals surface area contributed by atoms with E-state index in [2.05, 4.69) is 22.9 Å². The molecule has 1 saturated heterocycles. The van der Waals surface area contributed by atoms with E-state index < -0.39 is 58.0 Å². The number of carbonyl (C=O) groups is 3. The fraction of sp³-hybridized carbons (Fsp3) is 0.875. The second-order valence-electron chi connectivity index (χ2n) is 10.4. The van der Waals surface area contributed by atoms with Crippen molar-refractivity contribution in [1.29, 1.82) is 0 Å². The third kappa shape index (κ3) is 9.85. The van der Waals surface area contributed by atoms with Crippen LogP contribution in [-0.4, -0.2) is 66.6 Å². The molecule has 0 aromatic rings. The number of hydrogen-bond acceptors (Lipinski definition) is 7. The van der Waals surface area contributed by atoms with Gasteiger partial charge in [0.25, 0.3) is 10.1 Å². The van der Waals surface area contributed by atoms with E-state index in [1.54, 1.807) is 13.8 Å². The van der Waals surface area contributed by atoms with Crippen molar-refractivity contribution in [3.05, 3.63) is 0 Å². The summed E-state index contributed by atoms with van der Waals surface area (Å²) in [4.78, 5) is 37.8. The van der Waals surface area contributed by atoms with Crippen molar-refractivity contribution in [2.45, 2.75) is 96.1 Å². The first kappa shape index (κ1) is 27.1. The van der Waals surface area contributed by atoms with Gasteiger partial charge in [-0.25, -0.2) is 4.79 Å². The Morgan fingerprint density at radius 1 is 1.17 bits per heavy atom. The largest absolute Gasteiger partial charge is 0.449 e. The normalized spacial score (nSPS) is 26.3. The number of aliphatic hydroxyl groups is 1. The van der Waals surface area contributed by atoms with Gasteiger partial charge in [0, 0.05) is 12.5 Å². The number of carbonyl (C=O) groups excluding carboxylic acids is 3. The molecular formula is C24H43N3O8S. The van der Waals surface area contributed by atoms with Crippen LogP contribution >= 0.6 is 0 Å². The Morgan fingerprint density at radius 2 is 1.81 bits per heavy atom. The molecule has 2 fully saturated rings. The molecule has 2 aliphatic rings. The van der Waals surface area contributed by atoms with Crippen molar-refractivity contribution in [2.24, 2.45) is 23.7 Å². The number of amides is 3. The number of ether oxygens (including phenoxy) is 1. The fourth-order valence-electron chi connectivity index (χ4n) is 4.90. The number of hydrogen-bond donors (Lipinski definition) is 5. The summed E-state index contributed by atoms with van der Waals surface area (Å²) in [7, 11) is -4.98.